The number of hydrogen-bond donors (Lipinski definition) is 1. The Morgan fingerprint density at radius 1 is 1.40 bits per heavy atom. The van der Waals surface area contributed by atoms with E-state index in [9.17, 15) is 0 Å². The number of benzene rings is 1. The highest BCUT2D eigenvalue weighted by atomic mass is 32.1. The van der Waals surface area contributed by atoms with Crippen LogP contribution < -0.4 is 4.74 Å². The molecule has 1 heterocycles. The number of hydrogen-bond acceptors (Lipinski definition) is 3. The molecule has 2 nitrogen and oxygen atoms in total. The highest BCUT2D eigenvalue weighted by molar-refractivity contribution is 7.19. The van der Waals surface area contributed by atoms with Crippen molar-refractivity contribution in [1.82, 2.24) is 0 Å². The minimum atomic E-state index is 0.198. The second-order valence-electron chi connectivity index (χ2n) is 3.64. The fourth-order valence-electron chi connectivity index (χ4n) is 1.49. The van der Waals surface area contributed by atoms with Crippen molar-refractivity contribution in [3.05, 3.63) is 29.1 Å². The van der Waals surface area contributed by atoms with E-state index in [-0.39, 0.29) is 12.5 Å². The van der Waals surface area contributed by atoms with Gasteiger partial charge in [-0.3, -0.25) is 0 Å². The van der Waals surface area contributed by atoms with E-state index in [1.165, 1.54) is 15.0 Å². The Morgan fingerprint density at radius 3 is 2.87 bits per heavy atom. The van der Waals surface area contributed by atoms with E-state index >= 15 is 0 Å². The molecule has 0 aliphatic carbocycles. The summed E-state index contributed by atoms with van der Waals surface area (Å²) in [5.41, 5.74) is 0. The lowest BCUT2D eigenvalue weighted by Crippen LogP contribution is -1.94. The molecule has 1 unspecified atom stereocenters. The summed E-state index contributed by atoms with van der Waals surface area (Å²) >= 11 is 1.72. The van der Waals surface area contributed by atoms with E-state index in [0.29, 0.717) is 0 Å². The van der Waals surface area contributed by atoms with Crippen LogP contribution in [0.15, 0.2) is 24.3 Å². The summed E-state index contributed by atoms with van der Waals surface area (Å²) in [6.07, 6.45) is 0. The summed E-state index contributed by atoms with van der Waals surface area (Å²) in [4.78, 5) is 1.22. The van der Waals surface area contributed by atoms with Crippen LogP contribution in [0.5, 0.6) is 5.75 Å². The lowest BCUT2D eigenvalue weighted by Gasteiger charge is -2.01. The zero-order chi connectivity index (χ0) is 10.8. The van der Waals surface area contributed by atoms with Gasteiger partial charge in [-0.05, 0) is 29.7 Å². The molecule has 1 aromatic heterocycles. The molecule has 2 aromatic rings. The topological polar surface area (TPSA) is 29.5 Å². The third-order valence-corrected chi connectivity index (χ3v) is 3.84. The molecule has 1 aromatic carbocycles. The molecule has 0 fully saturated rings. The van der Waals surface area contributed by atoms with Gasteiger partial charge in [0.1, 0.15) is 5.75 Å². The average molecular weight is 222 g/mol. The normalized spacial score (nSPS) is 13.0. The van der Waals surface area contributed by atoms with Gasteiger partial charge in [0.15, 0.2) is 0 Å². The fraction of sp³-hybridized carbons (Fsp3) is 0.333. The van der Waals surface area contributed by atoms with E-state index in [2.05, 4.69) is 12.1 Å². The summed E-state index contributed by atoms with van der Waals surface area (Å²) in [7, 11) is 1.67. The first-order valence-electron chi connectivity index (χ1n) is 4.93. The molecule has 2 rings (SSSR count). The number of aliphatic hydroxyl groups excluding tert-OH is 1. The van der Waals surface area contributed by atoms with E-state index in [1.54, 1.807) is 18.4 Å². The van der Waals surface area contributed by atoms with Crippen molar-refractivity contribution in [2.45, 2.75) is 12.8 Å². The summed E-state index contributed by atoms with van der Waals surface area (Å²) in [6, 6.07) is 8.19. The van der Waals surface area contributed by atoms with Gasteiger partial charge in [0.25, 0.3) is 0 Å². The van der Waals surface area contributed by atoms with Crippen molar-refractivity contribution in [2.24, 2.45) is 0 Å². The average Bonchev–Trinajstić information content (AvgIpc) is 2.70. The maximum Gasteiger partial charge on any atom is 0.120 e. The van der Waals surface area contributed by atoms with Crippen LogP contribution in [-0.2, 0) is 0 Å². The maximum atomic E-state index is 9.10. The van der Waals surface area contributed by atoms with Gasteiger partial charge in [-0.2, -0.15) is 0 Å². The molecule has 0 aliphatic rings. The quantitative estimate of drug-likeness (QED) is 0.865. The smallest absolute Gasteiger partial charge is 0.120 e. The largest absolute Gasteiger partial charge is 0.497 e. The van der Waals surface area contributed by atoms with Crippen molar-refractivity contribution in [2.75, 3.05) is 13.7 Å². The summed E-state index contributed by atoms with van der Waals surface area (Å²) in [5.74, 6) is 1.10. The Kier molecular flexibility index (Phi) is 2.93. The lowest BCUT2D eigenvalue weighted by molar-refractivity contribution is 0.274. The number of aliphatic hydroxyl groups is 1. The lowest BCUT2D eigenvalue weighted by atomic mass is 10.1. The third kappa shape index (κ3) is 1.98. The van der Waals surface area contributed by atoms with E-state index in [4.69, 9.17) is 9.84 Å². The maximum absolute atomic E-state index is 9.10. The Bertz CT molecular complexity index is 462. The van der Waals surface area contributed by atoms with Crippen LogP contribution in [0.25, 0.3) is 10.1 Å². The second kappa shape index (κ2) is 4.21. The molecule has 3 heteroatoms. The van der Waals surface area contributed by atoms with Gasteiger partial charge in [0.2, 0.25) is 0 Å². The van der Waals surface area contributed by atoms with Gasteiger partial charge in [-0.15, -0.1) is 11.3 Å². The summed E-state index contributed by atoms with van der Waals surface area (Å²) in [6.45, 7) is 2.23. The van der Waals surface area contributed by atoms with Crippen LogP contribution in [0, 0.1) is 0 Å². The Morgan fingerprint density at radius 2 is 2.20 bits per heavy atom. The molecule has 80 valence electrons. The van der Waals surface area contributed by atoms with Gasteiger partial charge < -0.3 is 9.84 Å². The highest BCUT2D eigenvalue weighted by Gasteiger charge is 2.08. The van der Waals surface area contributed by atoms with Gasteiger partial charge in [0.05, 0.1) is 13.7 Å². The number of thiophene rings is 1. The van der Waals surface area contributed by atoms with E-state index in [1.807, 2.05) is 19.1 Å². The van der Waals surface area contributed by atoms with Crippen molar-refractivity contribution in [1.29, 1.82) is 0 Å². The van der Waals surface area contributed by atoms with Crippen molar-refractivity contribution in [3.8, 4) is 5.75 Å². The standard InChI is InChI=1S/C12H14O2S/c1-8(7-13)11-5-9-3-4-10(14-2)6-12(9)15-11/h3-6,8,13H,7H2,1-2H3. The summed E-state index contributed by atoms with van der Waals surface area (Å²) < 4.78 is 6.39. The predicted octanol–water partition coefficient (Wildman–Crippen LogP) is 3.01. The zero-order valence-corrected chi connectivity index (χ0v) is 9.67. The van der Waals surface area contributed by atoms with Crippen LogP contribution in [0.2, 0.25) is 0 Å². The first-order valence-corrected chi connectivity index (χ1v) is 5.74. The second-order valence-corrected chi connectivity index (χ2v) is 4.75. The summed E-state index contributed by atoms with van der Waals surface area (Å²) in [5, 5.41) is 10.3. The fourth-order valence-corrected chi connectivity index (χ4v) is 2.63. The number of ether oxygens (including phenoxy) is 1. The Balaban J connectivity index is 2.46. The van der Waals surface area contributed by atoms with E-state index in [0.717, 1.165) is 5.75 Å². The van der Waals surface area contributed by atoms with Crippen LogP contribution in [0.4, 0.5) is 0 Å². The van der Waals surface area contributed by atoms with Gasteiger partial charge in [-0.25, -0.2) is 0 Å². The minimum absolute atomic E-state index is 0.198. The zero-order valence-electron chi connectivity index (χ0n) is 8.86. The Hall–Kier alpha value is -1.06. The Labute approximate surface area is 93.1 Å². The molecule has 0 bridgehead atoms. The molecule has 0 aliphatic heterocycles. The first-order chi connectivity index (χ1) is 7.24. The van der Waals surface area contributed by atoms with Crippen LogP contribution in [0.3, 0.4) is 0 Å². The molecule has 1 atom stereocenters. The molecule has 0 saturated carbocycles. The minimum Gasteiger partial charge on any atom is -0.497 e. The number of methoxy groups -OCH3 is 1. The molecule has 0 spiro atoms. The van der Waals surface area contributed by atoms with Crippen molar-refractivity contribution in [3.63, 3.8) is 0 Å². The molecule has 0 radical (unpaired) electrons. The highest BCUT2D eigenvalue weighted by Crippen LogP contribution is 2.32. The molecular formula is C12H14O2S. The molecular weight excluding hydrogens is 208 g/mol. The number of fused-ring (bicyclic) bond motifs is 1. The van der Waals surface area contributed by atoms with Crippen LogP contribution in [-0.4, -0.2) is 18.8 Å². The molecule has 1 N–H and O–H groups in total. The monoisotopic (exact) mass is 222 g/mol. The van der Waals surface area contributed by atoms with Gasteiger partial charge >= 0.3 is 0 Å². The van der Waals surface area contributed by atoms with E-state index < -0.39 is 0 Å². The number of rotatable bonds is 3. The SMILES string of the molecule is COc1ccc2cc(C(C)CO)sc2c1. The van der Waals surface area contributed by atoms with Crippen molar-refractivity contribution < 1.29 is 9.84 Å². The van der Waals surface area contributed by atoms with Gasteiger partial charge in [0, 0.05) is 15.5 Å². The van der Waals surface area contributed by atoms with Crippen LogP contribution >= 0.6 is 11.3 Å². The molecule has 15 heavy (non-hydrogen) atoms. The molecule has 0 saturated heterocycles. The van der Waals surface area contributed by atoms with Crippen molar-refractivity contribution >= 4 is 21.4 Å². The van der Waals surface area contributed by atoms with Crippen LogP contribution in [0.1, 0.15) is 17.7 Å². The predicted molar refractivity (Wildman–Crippen MR) is 63.9 cm³/mol. The first kappa shape index (κ1) is 10.5. The molecule has 0 amide bonds. The third-order valence-electron chi connectivity index (χ3n) is 2.51. The van der Waals surface area contributed by atoms with Gasteiger partial charge in [-0.1, -0.05) is 6.92 Å².